The van der Waals surface area contributed by atoms with E-state index in [2.05, 4.69) is 18.0 Å². The summed E-state index contributed by atoms with van der Waals surface area (Å²) < 4.78 is 0. The van der Waals surface area contributed by atoms with Crippen molar-refractivity contribution >= 4 is 0 Å². The molecule has 1 rings (SSSR count). The first-order chi connectivity index (χ1) is 4.74. The molecule has 0 amide bonds. The highest BCUT2D eigenvalue weighted by molar-refractivity contribution is 5.18. The fourth-order valence-electron chi connectivity index (χ4n) is 0.980. The Bertz CT molecular complexity index is 203. The zero-order valence-corrected chi connectivity index (χ0v) is 6.52. The van der Waals surface area contributed by atoms with Gasteiger partial charge in [0.2, 0.25) is 0 Å². The van der Waals surface area contributed by atoms with Crippen LogP contribution in [0.15, 0.2) is 12.3 Å². The Labute approximate surface area is 61.4 Å². The second-order valence-electron chi connectivity index (χ2n) is 2.63. The van der Waals surface area contributed by atoms with Gasteiger partial charge >= 0.3 is 0 Å². The first kappa shape index (κ1) is 7.35. The molecule has 1 heterocycles. The lowest BCUT2D eigenvalue weighted by Crippen LogP contribution is -2.06. The molecule has 56 valence electrons. The van der Waals surface area contributed by atoms with Gasteiger partial charge in [0, 0.05) is 17.9 Å². The summed E-state index contributed by atoms with van der Waals surface area (Å²) in [5.41, 5.74) is 8.18. The third-order valence-corrected chi connectivity index (χ3v) is 1.72. The summed E-state index contributed by atoms with van der Waals surface area (Å²) in [4.78, 5) is 3.10. The number of aromatic amines is 1. The number of aromatic nitrogens is 1. The Morgan fingerprint density at radius 3 is 2.80 bits per heavy atom. The topological polar surface area (TPSA) is 41.8 Å². The van der Waals surface area contributed by atoms with E-state index in [1.807, 2.05) is 13.1 Å². The Balaban J connectivity index is 2.74. The van der Waals surface area contributed by atoms with Crippen molar-refractivity contribution in [3.05, 3.63) is 23.5 Å². The molecule has 3 N–H and O–H groups in total. The largest absolute Gasteiger partial charge is 0.365 e. The predicted molar refractivity (Wildman–Crippen MR) is 42.7 cm³/mol. The maximum atomic E-state index is 5.79. The quantitative estimate of drug-likeness (QED) is 0.642. The van der Waals surface area contributed by atoms with Crippen molar-refractivity contribution < 1.29 is 0 Å². The number of nitrogens with two attached hydrogens (primary N) is 1. The molecule has 1 aromatic rings. The molecule has 2 heteroatoms. The molecule has 0 aliphatic carbocycles. The maximum absolute atomic E-state index is 5.79. The van der Waals surface area contributed by atoms with Gasteiger partial charge in [0.25, 0.3) is 0 Å². The highest BCUT2D eigenvalue weighted by Gasteiger charge is 2.02. The van der Waals surface area contributed by atoms with Gasteiger partial charge in [-0.05, 0) is 25.0 Å². The van der Waals surface area contributed by atoms with E-state index in [-0.39, 0.29) is 6.04 Å². The summed E-state index contributed by atoms with van der Waals surface area (Å²) in [5.74, 6) is 0. The molecule has 1 aromatic heterocycles. The molecule has 0 bridgehead atoms. The van der Waals surface area contributed by atoms with E-state index in [1.54, 1.807) is 0 Å². The van der Waals surface area contributed by atoms with Crippen LogP contribution in [0.1, 0.15) is 30.6 Å². The minimum absolute atomic E-state index is 0.199. The van der Waals surface area contributed by atoms with Crippen molar-refractivity contribution in [2.45, 2.75) is 26.3 Å². The van der Waals surface area contributed by atoms with Gasteiger partial charge in [-0.25, -0.2) is 0 Å². The van der Waals surface area contributed by atoms with Gasteiger partial charge in [0.05, 0.1) is 0 Å². The van der Waals surface area contributed by atoms with Gasteiger partial charge < -0.3 is 10.7 Å². The van der Waals surface area contributed by atoms with Crippen molar-refractivity contribution in [1.29, 1.82) is 0 Å². The molecule has 0 spiro atoms. The maximum Gasteiger partial charge on any atom is 0.0307 e. The number of hydrogen-bond donors (Lipinski definition) is 2. The summed E-state index contributed by atoms with van der Waals surface area (Å²) in [6, 6.07) is 2.29. The normalized spacial score (nSPS) is 13.5. The second-order valence-corrected chi connectivity index (χ2v) is 2.63. The molecule has 10 heavy (non-hydrogen) atoms. The smallest absolute Gasteiger partial charge is 0.0307 e. The van der Waals surface area contributed by atoms with Crippen molar-refractivity contribution in [3.8, 4) is 0 Å². The van der Waals surface area contributed by atoms with Gasteiger partial charge in [-0.15, -0.1) is 0 Å². The van der Waals surface area contributed by atoms with Crippen molar-refractivity contribution in [2.75, 3.05) is 0 Å². The molecule has 0 fully saturated rings. The molecule has 1 atom stereocenters. The van der Waals surface area contributed by atoms with Crippen LogP contribution >= 0.6 is 0 Å². The van der Waals surface area contributed by atoms with E-state index in [0.717, 1.165) is 6.42 Å². The summed E-state index contributed by atoms with van der Waals surface area (Å²) in [6.45, 7) is 4.12. The first-order valence-corrected chi connectivity index (χ1v) is 3.64. The molecule has 0 aromatic carbocycles. The Morgan fingerprint density at radius 2 is 2.40 bits per heavy atom. The van der Waals surface area contributed by atoms with Crippen LogP contribution in [0.4, 0.5) is 0 Å². The summed E-state index contributed by atoms with van der Waals surface area (Å²) in [7, 11) is 0. The molecule has 0 saturated heterocycles. The monoisotopic (exact) mass is 138 g/mol. The zero-order chi connectivity index (χ0) is 7.56. The fraction of sp³-hybridized carbons (Fsp3) is 0.500. The fourth-order valence-corrected chi connectivity index (χ4v) is 0.980. The number of H-pyrrole nitrogens is 1. The van der Waals surface area contributed by atoms with Crippen LogP contribution in [0, 0.1) is 6.92 Å². The summed E-state index contributed by atoms with van der Waals surface area (Å²) in [6.07, 6.45) is 2.97. The van der Waals surface area contributed by atoms with Crippen molar-refractivity contribution in [2.24, 2.45) is 5.73 Å². The predicted octanol–water partition coefficient (Wildman–Crippen LogP) is 1.73. The zero-order valence-electron chi connectivity index (χ0n) is 6.52. The van der Waals surface area contributed by atoms with Crippen LogP contribution in [0.5, 0.6) is 0 Å². The van der Waals surface area contributed by atoms with E-state index in [1.165, 1.54) is 11.3 Å². The minimum atomic E-state index is 0.199. The van der Waals surface area contributed by atoms with E-state index in [0.29, 0.717) is 0 Å². The van der Waals surface area contributed by atoms with Gasteiger partial charge in [-0.1, -0.05) is 6.92 Å². The minimum Gasteiger partial charge on any atom is -0.365 e. The van der Waals surface area contributed by atoms with Gasteiger partial charge in [-0.2, -0.15) is 0 Å². The van der Waals surface area contributed by atoms with Gasteiger partial charge in [-0.3, -0.25) is 0 Å². The molecule has 0 aliphatic rings. The third kappa shape index (κ3) is 1.39. The van der Waals surface area contributed by atoms with Crippen LogP contribution in [-0.2, 0) is 0 Å². The standard InChI is InChI=1S/C8H14N2/c1-3-8(9)7-4-6(2)10-5-7/h4-5,8,10H,3,9H2,1-2H3/t8-/m1/s1. The highest BCUT2D eigenvalue weighted by Crippen LogP contribution is 2.13. The van der Waals surface area contributed by atoms with Crippen LogP contribution in [-0.4, -0.2) is 4.98 Å². The third-order valence-electron chi connectivity index (χ3n) is 1.72. The second kappa shape index (κ2) is 2.88. The molecule has 0 saturated carbocycles. The van der Waals surface area contributed by atoms with Crippen LogP contribution in [0.3, 0.4) is 0 Å². The van der Waals surface area contributed by atoms with Crippen LogP contribution in [0.2, 0.25) is 0 Å². The number of nitrogens with one attached hydrogen (secondary N) is 1. The molecule has 0 aliphatic heterocycles. The molecule has 0 radical (unpaired) electrons. The average Bonchev–Trinajstić information content (AvgIpc) is 2.34. The van der Waals surface area contributed by atoms with Crippen molar-refractivity contribution in [1.82, 2.24) is 4.98 Å². The van der Waals surface area contributed by atoms with E-state index in [9.17, 15) is 0 Å². The number of rotatable bonds is 2. The SMILES string of the molecule is CC[C@@H](N)c1c[nH]c(C)c1. The van der Waals surface area contributed by atoms with Gasteiger partial charge in [0.1, 0.15) is 0 Å². The lowest BCUT2D eigenvalue weighted by Gasteiger charge is -2.03. The Morgan fingerprint density at radius 1 is 1.70 bits per heavy atom. The van der Waals surface area contributed by atoms with E-state index >= 15 is 0 Å². The average molecular weight is 138 g/mol. The molecular weight excluding hydrogens is 124 g/mol. The van der Waals surface area contributed by atoms with Gasteiger partial charge in [0.15, 0.2) is 0 Å². The Kier molecular flexibility index (Phi) is 2.12. The molecular formula is C8H14N2. The van der Waals surface area contributed by atoms with E-state index in [4.69, 9.17) is 5.73 Å². The molecule has 2 nitrogen and oxygen atoms in total. The number of aryl methyl sites for hydroxylation is 1. The van der Waals surface area contributed by atoms with Crippen molar-refractivity contribution in [3.63, 3.8) is 0 Å². The summed E-state index contributed by atoms with van der Waals surface area (Å²) in [5, 5.41) is 0. The van der Waals surface area contributed by atoms with E-state index < -0.39 is 0 Å². The number of hydrogen-bond acceptors (Lipinski definition) is 1. The Hall–Kier alpha value is -0.760. The van der Waals surface area contributed by atoms with Crippen LogP contribution in [0.25, 0.3) is 0 Å². The lowest BCUT2D eigenvalue weighted by molar-refractivity contribution is 0.699. The lowest BCUT2D eigenvalue weighted by atomic mass is 10.1. The first-order valence-electron chi connectivity index (χ1n) is 3.64. The van der Waals surface area contributed by atoms with Crippen LogP contribution < -0.4 is 5.73 Å². The highest BCUT2D eigenvalue weighted by atomic mass is 14.7. The molecule has 0 unspecified atom stereocenters. The summed E-state index contributed by atoms with van der Waals surface area (Å²) >= 11 is 0.